The van der Waals surface area contributed by atoms with E-state index in [9.17, 15) is 0 Å². The van der Waals surface area contributed by atoms with Gasteiger partial charge in [-0.3, -0.25) is 0 Å². The summed E-state index contributed by atoms with van der Waals surface area (Å²) < 4.78 is 1.38. The molecule has 0 amide bonds. The minimum atomic E-state index is 0.301. The number of hydrogen-bond donors (Lipinski definition) is 0. The molecule has 2 aliphatic carbocycles. The average Bonchev–Trinajstić information content (AvgIpc) is 3.32. The summed E-state index contributed by atoms with van der Waals surface area (Å²) in [5.41, 5.74) is 7.31. The predicted molar refractivity (Wildman–Crippen MR) is 145 cm³/mol. The van der Waals surface area contributed by atoms with Crippen LogP contribution in [0.3, 0.4) is 0 Å². The second-order valence-electron chi connectivity index (χ2n) is 9.67. The Balaban J connectivity index is 1.58. The fourth-order valence-electron chi connectivity index (χ4n) is 5.97. The number of fused-ring (bicyclic) bond motifs is 5. The Morgan fingerprint density at radius 3 is 2.41 bits per heavy atom. The maximum absolute atomic E-state index is 2.52. The van der Waals surface area contributed by atoms with Crippen molar-refractivity contribution < 1.29 is 0 Å². The summed E-state index contributed by atoms with van der Waals surface area (Å²) in [6, 6.07) is 34.1. The summed E-state index contributed by atoms with van der Waals surface area (Å²) in [7, 11) is 0. The van der Waals surface area contributed by atoms with Crippen LogP contribution in [0.2, 0.25) is 0 Å². The van der Waals surface area contributed by atoms with Crippen LogP contribution >= 0.6 is 11.3 Å². The van der Waals surface area contributed by atoms with E-state index in [1.165, 1.54) is 64.5 Å². The molecular formula is C33H26S. The molecule has 0 bridgehead atoms. The maximum Gasteiger partial charge on any atom is 0.0382 e. The van der Waals surface area contributed by atoms with Crippen LogP contribution < -0.4 is 10.4 Å². The SMILES string of the molecule is Cc1ccc(C2=c3ccc4c(c3CCC2)C(c2cc3ccccc3s2)C=c2ccccc2=4)cc1. The monoisotopic (exact) mass is 454 g/mol. The lowest BCUT2D eigenvalue weighted by Crippen LogP contribution is -2.25. The van der Waals surface area contributed by atoms with E-state index in [0.29, 0.717) is 5.92 Å². The zero-order valence-electron chi connectivity index (χ0n) is 19.3. The molecule has 2 aliphatic rings. The van der Waals surface area contributed by atoms with Crippen molar-refractivity contribution in [3.05, 3.63) is 139 Å². The van der Waals surface area contributed by atoms with Crippen molar-refractivity contribution in [3.63, 3.8) is 0 Å². The maximum atomic E-state index is 2.52. The van der Waals surface area contributed by atoms with Crippen molar-refractivity contribution in [2.24, 2.45) is 0 Å². The van der Waals surface area contributed by atoms with Crippen LogP contribution in [-0.4, -0.2) is 0 Å². The molecule has 1 atom stereocenters. The summed E-state index contributed by atoms with van der Waals surface area (Å²) in [6.07, 6.45) is 6.05. The molecule has 164 valence electrons. The standard InChI is InChI=1S/C33H26S/c1-21-13-15-22(16-14-21)25-10-6-11-28-27(25)17-18-29-26-9-4-2-7-23(26)19-30(33(28)29)32-20-24-8-3-5-12-31(24)34-32/h2-5,7-9,12-20,30H,6,10-11H2,1H3. The zero-order valence-corrected chi connectivity index (χ0v) is 20.2. The van der Waals surface area contributed by atoms with Gasteiger partial charge in [0.1, 0.15) is 0 Å². The molecule has 0 radical (unpaired) electrons. The third kappa shape index (κ3) is 3.11. The van der Waals surface area contributed by atoms with Gasteiger partial charge in [-0.2, -0.15) is 0 Å². The average molecular weight is 455 g/mol. The minimum absolute atomic E-state index is 0.301. The lowest BCUT2D eigenvalue weighted by atomic mass is 9.79. The summed E-state index contributed by atoms with van der Waals surface area (Å²) >= 11 is 1.95. The van der Waals surface area contributed by atoms with Gasteiger partial charge < -0.3 is 0 Å². The summed E-state index contributed by atoms with van der Waals surface area (Å²) in [6.45, 7) is 2.17. The molecule has 0 nitrogen and oxygen atoms in total. The molecule has 0 N–H and O–H groups in total. The first-order valence-electron chi connectivity index (χ1n) is 12.3. The fraction of sp³-hybridized carbons (Fsp3) is 0.152. The van der Waals surface area contributed by atoms with Crippen LogP contribution in [0.4, 0.5) is 0 Å². The number of benzene rings is 4. The lowest BCUT2D eigenvalue weighted by molar-refractivity contribution is 0.802. The van der Waals surface area contributed by atoms with Crippen molar-refractivity contribution in [3.8, 4) is 0 Å². The van der Waals surface area contributed by atoms with Gasteiger partial charge in [0.2, 0.25) is 0 Å². The van der Waals surface area contributed by atoms with Crippen LogP contribution in [0.15, 0.2) is 91.0 Å². The van der Waals surface area contributed by atoms with E-state index < -0.39 is 0 Å². The van der Waals surface area contributed by atoms with E-state index in [2.05, 4.69) is 104 Å². The lowest BCUT2D eigenvalue weighted by Gasteiger charge is -2.25. The Kier molecular flexibility index (Phi) is 4.60. The Bertz CT molecular complexity index is 1750. The van der Waals surface area contributed by atoms with Crippen molar-refractivity contribution in [1.82, 2.24) is 0 Å². The Labute approximate surface area is 203 Å². The Hall–Kier alpha value is -3.42. The fourth-order valence-corrected chi connectivity index (χ4v) is 7.11. The molecule has 34 heavy (non-hydrogen) atoms. The van der Waals surface area contributed by atoms with Gasteiger partial charge in [-0.1, -0.05) is 90.5 Å². The molecular weight excluding hydrogens is 428 g/mol. The van der Waals surface area contributed by atoms with Gasteiger partial charge in [0.15, 0.2) is 0 Å². The van der Waals surface area contributed by atoms with Gasteiger partial charge in [-0.05, 0) is 86.8 Å². The topological polar surface area (TPSA) is 0 Å². The molecule has 0 fully saturated rings. The smallest absolute Gasteiger partial charge is 0.0382 e. The number of rotatable bonds is 2. The van der Waals surface area contributed by atoms with Gasteiger partial charge in [0.05, 0.1) is 0 Å². The van der Waals surface area contributed by atoms with Crippen molar-refractivity contribution >= 4 is 33.1 Å². The largest absolute Gasteiger partial charge is 0.139 e. The van der Waals surface area contributed by atoms with Gasteiger partial charge in [-0.15, -0.1) is 11.3 Å². The molecule has 1 aromatic heterocycles. The first-order chi connectivity index (χ1) is 16.8. The van der Waals surface area contributed by atoms with Crippen LogP contribution in [0.25, 0.3) is 21.7 Å². The van der Waals surface area contributed by atoms with Gasteiger partial charge >= 0.3 is 0 Å². The summed E-state index contributed by atoms with van der Waals surface area (Å²) in [5.74, 6) is 0.301. The highest BCUT2D eigenvalue weighted by atomic mass is 32.1. The first-order valence-corrected chi connectivity index (χ1v) is 13.1. The van der Waals surface area contributed by atoms with Gasteiger partial charge in [-0.25, -0.2) is 0 Å². The third-order valence-corrected chi connectivity index (χ3v) is 8.79. The first kappa shape index (κ1) is 20.0. The van der Waals surface area contributed by atoms with Crippen LogP contribution in [0.1, 0.15) is 45.9 Å². The molecule has 4 aromatic carbocycles. The normalized spacial score (nSPS) is 16.5. The van der Waals surface area contributed by atoms with E-state index in [4.69, 9.17) is 0 Å². The number of aryl methyl sites for hydroxylation is 1. The highest BCUT2D eigenvalue weighted by Gasteiger charge is 2.24. The molecule has 1 heterocycles. The molecule has 0 saturated carbocycles. The van der Waals surface area contributed by atoms with Crippen molar-refractivity contribution in [2.45, 2.75) is 32.1 Å². The number of hydrogen-bond acceptors (Lipinski definition) is 1. The van der Waals surface area contributed by atoms with E-state index in [1.54, 1.807) is 5.56 Å². The summed E-state index contributed by atoms with van der Waals surface area (Å²) in [5, 5.41) is 6.97. The van der Waals surface area contributed by atoms with E-state index >= 15 is 0 Å². The molecule has 0 saturated heterocycles. The molecule has 0 aliphatic heterocycles. The van der Waals surface area contributed by atoms with Gasteiger partial charge in [0, 0.05) is 15.5 Å². The Morgan fingerprint density at radius 2 is 1.53 bits per heavy atom. The molecule has 5 aromatic rings. The van der Waals surface area contributed by atoms with Gasteiger partial charge in [0.25, 0.3) is 0 Å². The zero-order chi connectivity index (χ0) is 22.6. The second-order valence-corrected chi connectivity index (χ2v) is 10.8. The second kappa shape index (κ2) is 7.82. The molecule has 7 rings (SSSR count). The third-order valence-electron chi connectivity index (χ3n) is 7.60. The van der Waals surface area contributed by atoms with E-state index in [1.807, 2.05) is 11.3 Å². The predicted octanol–water partition coefficient (Wildman–Crippen LogP) is 6.96. The quantitative estimate of drug-likeness (QED) is 0.270. The highest BCUT2D eigenvalue weighted by Crippen LogP contribution is 2.39. The van der Waals surface area contributed by atoms with Crippen LogP contribution in [0.5, 0.6) is 0 Å². The Morgan fingerprint density at radius 1 is 0.735 bits per heavy atom. The van der Waals surface area contributed by atoms with Crippen LogP contribution in [-0.2, 0) is 6.42 Å². The van der Waals surface area contributed by atoms with E-state index in [-0.39, 0.29) is 0 Å². The van der Waals surface area contributed by atoms with Crippen molar-refractivity contribution in [1.29, 1.82) is 0 Å². The van der Waals surface area contributed by atoms with Crippen LogP contribution in [0, 0.1) is 17.4 Å². The number of thiophene rings is 1. The highest BCUT2D eigenvalue weighted by molar-refractivity contribution is 7.19. The summed E-state index contributed by atoms with van der Waals surface area (Å²) in [4.78, 5) is 1.45. The van der Waals surface area contributed by atoms with Crippen molar-refractivity contribution in [2.75, 3.05) is 0 Å². The molecule has 0 spiro atoms. The minimum Gasteiger partial charge on any atom is -0.139 e. The molecule has 1 heteroatoms. The van der Waals surface area contributed by atoms with E-state index in [0.717, 1.165) is 12.8 Å². The molecule has 1 unspecified atom stereocenters.